The Kier molecular flexibility index (Phi) is 3.50. The topological polar surface area (TPSA) is 52.6 Å². The predicted octanol–water partition coefficient (Wildman–Crippen LogP) is 0.391. The number of hydrogen-bond donors (Lipinski definition) is 2. The largest absolute Gasteiger partial charge is 0.480 e. The Hall–Kier alpha value is -0.610. The van der Waals surface area contributed by atoms with Crippen molar-refractivity contribution in [3.63, 3.8) is 0 Å². The molecule has 0 aromatic rings. The van der Waals surface area contributed by atoms with E-state index in [1.807, 2.05) is 7.05 Å². The Labute approximate surface area is 85.3 Å². The summed E-state index contributed by atoms with van der Waals surface area (Å²) in [5.74, 6) is -0.236. The molecular formula is C10H20N2O2. The highest BCUT2D eigenvalue weighted by Gasteiger charge is 2.43. The van der Waals surface area contributed by atoms with Crippen LogP contribution in [0.5, 0.6) is 0 Å². The molecule has 4 nitrogen and oxygen atoms in total. The van der Waals surface area contributed by atoms with E-state index in [9.17, 15) is 9.90 Å². The molecule has 1 heterocycles. The smallest absolute Gasteiger partial charge is 0.325 e. The van der Waals surface area contributed by atoms with Crippen LogP contribution in [0.2, 0.25) is 0 Å². The standard InChI is InChI=1S/C10H20N2O2/c1-8(2)6-11-10(9(13)14)4-5-12(3)7-10/h8,11H,4-7H2,1-3H3,(H,13,14). The van der Waals surface area contributed by atoms with Gasteiger partial charge in [-0.2, -0.15) is 0 Å². The van der Waals surface area contributed by atoms with Gasteiger partial charge in [0.05, 0.1) is 0 Å². The molecule has 1 saturated heterocycles. The summed E-state index contributed by atoms with van der Waals surface area (Å²) in [7, 11) is 1.96. The number of aliphatic carboxylic acids is 1. The van der Waals surface area contributed by atoms with Gasteiger partial charge in [0.15, 0.2) is 0 Å². The van der Waals surface area contributed by atoms with Gasteiger partial charge < -0.3 is 15.3 Å². The second-order valence-corrected chi connectivity index (χ2v) is 4.65. The van der Waals surface area contributed by atoms with Gasteiger partial charge in [0.25, 0.3) is 0 Å². The second kappa shape index (κ2) is 4.28. The van der Waals surface area contributed by atoms with Crippen LogP contribution in [-0.4, -0.2) is 48.2 Å². The van der Waals surface area contributed by atoms with Gasteiger partial charge in [0.2, 0.25) is 0 Å². The number of carboxylic acid groups (broad SMARTS) is 1. The van der Waals surface area contributed by atoms with Crippen molar-refractivity contribution in [2.45, 2.75) is 25.8 Å². The van der Waals surface area contributed by atoms with E-state index in [0.29, 0.717) is 18.9 Å². The first-order valence-corrected chi connectivity index (χ1v) is 5.13. The van der Waals surface area contributed by atoms with Crippen molar-refractivity contribution < 1.29 is 9.90 Å². The Morgan fingerprint density at radius 1 is 1.64 bits per heavy atom. The van der Waals surface area contributed by atoms with Crippen molar-refractivity contribution in [1.82, 2.24) is 10.2 Å². The summed E-state index contributed by atoms with van der Waals surface area (Å²) < 4.78 is 0. The molecule has 2 N–H and O–H groups in total. The number of likely N-dealkylation sites (tertiary alicyclic amines) is 1. The van der Waals surface area contributed by atoms with Crippen LogP contribution < -0.4 is 5.32 Å². The monoisotopic (exact) mass is 200 g/mol. The third-order valence-electron chi connectivity index (χ3n) is 2.72. The van der Waals surface area contributed by atoms with Gasteiger partial charge in [0.1, 0.15) is 5.54 Å². The molecule has 1 rings (SSSR count). The Balaban J connectivity index is 2.59. The molecule has 1 fully saturated rings. The summed E-state index contributed by atoms with van der Waals surface area (Å²) in [6, 6.07) is 0. The number of nitrogens with zero attached hydrogens (tertiary/aromatic N) is 1. The molecular weight excluding hydrogens is 180 g/mol. The molecule has 0 amide bonds. The van der Waals surface area contributed by atoms with Gasteiger partial charge in [0, 0.05) is 13.1 Å². The van der Waals surface area contributed by atoms with Crippen molar-refractivity contribution >= 4 is 5.97 Å². The van der Waals surface area contributed by atoms with Crippen LogP contribution in [-0.2, 0) is 4.79 Å². The lowest BCUT2D eigenvalue weighted by Crippen LogP contribution is -2.54. The minimum atomic E-state index is -0.720. The number of nitrogens with one attached hydrogen (secondary N) is 1. The Morgan fingerprint density at radius 3 is 2.64 bits per heavy atom. The fourth-order valence-electron chi connectivity index (χ4n) is 1.79. The van der Waals surface area contributed by atoms with Gasteiger partial charge in [-0.15, -0.1) is 0 Å². The van der Waals surface area contributed by atoms with Crippen LogP contribution in [0.15, 0.2) is 0 Å². The van der Waals surface area contributed by atoms with E-state index in [2.05, 4.69) is 24.1 Å². The molecule has 0 aliphatic carbocycles. The molecule has 0 bridgehead atoms. The summed E-state index contributed by atoms with van der Waals surface area (Å²) in [5, 5.41) is 12.4. The first-order chi connectivity index (χ1) is 6.46. The maximum Gasteiger partial charge on any atom is 0.325 e. The zero-order valence-corrected chi connectivity index (χ0v) is 9.21. The zero-order chi connectivity index (χ0) is 10.8. The Bertz CT molecular complexity index is 218. The van der Waals surface area contributed by atoms with Crippen LogP contribution >= 0.6 is 0 Å². The lowest BCUT2D eigenvalue weighted by molar-refractivity contribution is -0.144. The molecule has 0 aromatic heterocycles. The van der Waals surface area contributed by atoms with Crippen molar-refractivity contribution in [1.29, 1.82) is 0 Å². The Morgan fingerprint density at radius 2 is 2.29 bits per heavy atom. The minimum Gasteiger partial charge on any atom is -0.480 e. The average Bonchev–Trinajstić information content (AvgIpc) is 2.45. The van der Waals surface area contributed by atoms with E-state index in [0.717, 1.165) is 13.1 Å². The van der Waals surface area contributed by atoms with Gasteiger partial charge >= 0.3 is 5.97 Å². The minimum absolute atomic E-state index is 0.483. The third-order valence-corrected chi connectivity index (χ3v) is 2.72. The van der Waals surface area contributed by atoms with E-state index >= 15 is 0 Å². The average molecular weight is 200 g/mol. The molecule has 82 valence electrons. The maximum atomic E-state index is 11.2. The fourth-order valence-corrected chi connectivity index (χ4v) is 1.79. The first-order valence-electron chi connectivity index (χ1n) is 5.13. The SMILES string of the molecule is CC(C)CNC1(C(=O)O)CCN(C)C1. The summed E-state index contributed by atoms with van der Waals surface area (Å²) >= 11 is 0. The van der Waals surface area contributed by atoms with Crippen molar-refractivity contribution in [3.8, 4) is 0 Å². The molecule has 1 unspecified atom stereocenters. The lowest BCUT2D eigenvalue weighted by Gasteiger charge is -2.26. The van der Waals surface area contributed by atoms with Crippen LogP contribution in [0.1, 0.15) is 20.3 Å². The molecule has 0 aromatic carbocycles. The predicted molar refractivity (Wildman–Crippen MR) is 55.3 cm³/mol. The van der Waals surface area contributed by atoms with Gasteiger partial charge in [-0.1, -0.05) is 13.8 Å². The second-order valence-electron chi connectivity index (χ2n) is 4.65. The van der Waals surface area contributed by atoms with E-state index in [4.69, 9.17) is 0 Å². The lowest BCUT2D eigenvalue weighted by atomic mass is 9.98. The molecule has 0 saturated carbocycles. The first kappa shape index (κ1) is 11.5. The van der Waals surface area contributed by atoms with Crippen molar-refractivity contribution in [2.75, 3.05) is 26.7 Å². The molecule has 1 aliphatic rings. The highest BCUT2D eigenvalue weighted by atomic mass is 16.4. The van der Waals surface area contributed by atoms with E-state index in [1.165, 1.54) is 0 Å². The number of carbonyl (C=O) groups is 1. The van der Waals surface area contributed by atoms with Gasteiger partial charge in [-0.3, -0.25) is 4.79 Å². The highest BCUT2D eigenvalue weighted by molar-refractivity contribution is 5.79. The summed E-state index contributed by atoms with van der Waals surface area (Å²) in [6.45, 7) is 6.40. The molecule has 4 heteroatoms. The summed E-state index contributed by atoms with van der Waals surface area (Å²) in [6.07, 6.45) is 0.700. The quantitative estimate of drug-likeness (QED) is 0.689. The van der Waals surface area contributed by atoms with E-state index in [-0.39, 0.29) is 0 Å². The van der Waals surface area contributed by atoms with Crippen LogP contribution in [0.25, 0.3) is 0 Å². The third kappa shape index (κ3) is 2.45. The molecule has 1 atom stereocenters. The summed E-state index contributed by atoms with van der Waals surface area (Å²) in [5.41, 5.74) is -0.709. The van der Waals surface area contributed by atoms with E-state index < -0.39 is 11.5 Å². The van der Waals surface area contributed by atoms with E-state index in [1.54, 1.807) is 0 Å². The van der Waals surface area contributed by atoms with Crippen molar-refractivity contribution in [3.05, 3.63) is 0 Å². The number of likely N-dealkylation sites (N-methyl/N-ethyl adjacent to an activating group) is 1. The number of rotatable bonds is 4. The highest BCUT2D eigenvalue weighted by Crippen LogP contribution is 2.20. The van der Waals surface area contributed by atoms with Crippen LogP contribution in [0.4, 0.5) is 0 Å². The maximum absolute atomic E-state index is 11.2. The zero-order valence-electron chi connectivity index (χ0n) is 9.21. The van der Waals surface area contributed by atoms with Gasteiger partial charge in [-0.05, 0) is 25.9 Å². The normalized spacial score (nSPS) is 28.6. The van der Waals surface area contributed by atoms with Crippen molar-refractivity contribution in [2.24, 2.45) is 5.92 Å². The number of hydrogen-bond acceptors (Lipinski definition) is 3. The van der Waals surface area contributed by atoms with Gasteiger partial charge in [-0.25, -0.2) is 0 Å². The molecule has 0 spiro atoms. The molecule has 1 aliphatic heterocycles. The molecule has 0 radical (unpaired) electrons. The molecule has 14 heavy (non-hydrogen) atoms. The number of carboxylic acids is 1. The fraction of sp³-hybridized carbons (Fsp3) is 0.900. The summed E-state index contributed by atoms with van der Waals surface area (Å²) in [4.78, 5) is 13.2. The van der Waals surface area contributed by atoms with Crippen LogP contribution in [0.3, 0.4) is 0 Å². The van der Waals surface area contributed by atoms with Crippen LogP contribution in [0, 0.1) is 5.92 Å².